The van der Waals surface area contributed by atoms with Gasteiger partial charge in [0.25, 0.3) is 0 Å². The number of methoxy groups -OCH3 is 1. The molecule has 0 N–H and O–H groups in total. The molecule has 16 heavy (non-hydrogen) atoms. The van der Waals surface area contributed by atoms with Crippen molar-refractivity contribution in [2.24, 2.45) is 5.92 Å². The van der Waals surface area contributed by atoms with Crippen LogP contribution in [0.25, 0.3) is 0 Å². The number of nitrogens with zero attached hydrogens (tertiary/aromatic N) is 1. The number of hydrogen-bond donors (Lipinski definition) is 0. The predicted octanol–water partition coefficient (Wildman–Crippen LogP) is 2.74. The first-order chi connectivity index (χ1) is 7.60. The molecule has 0 saturated heterocycles. The van der Waals surface area contributed by atoms with Crippen LogP contribution in [0.4, 0.5) is 0 Å². The van der Waals surface area contributed by atoms with Crippen LogP contribution >= 0.6 is 0 Å². The topological polar surface area (TPSA) is 50.1 Å². The SMILES string of the molecule is COC(=O)c1ccc(C(C#N)C(C)C)cc1. The number of benzene rings is 1. The third-order valence-corrected chi connectivity index (χ3v) is 2.50. The molecular formula is C13H15NO2. The summed E-state index contributed by atoms with van der Waals surface area (Å²) in [6.07, 6.45) is 0. The zero-order valence-electron chi connectivity index (χ0n) is 9.73. The average molecular weight is 217 g/mol. The van der Waals surface area contributed by atoms with E-state index in [0.717, 1.165) is 5.56 Å². The lowest BCUT2D eigenvalue weighted by Gasteiger charge is -2.13. The maximum atomic E-state index is 11.2. The van der Waals surface area contributed by atoms with E-state index in [9.17, 15) is 4.79 Å². The number of ether oxygens (including phenoxy) is 1. The Morgan fingerprint density at radius 1 is 1.31 bits per heavy atom. The van der Waals surface area contributed by atoms with Crippen LogP contribution in [-0.4, -0.2) is 13.1 Å². The van der Waals surface area contributed by atoms with E-state index in [1.165, 1.54) is 7.11 Å². The van der Waals surface area contributed by atoms with Gasteiger partial charge in [-0.2, -0.15) is 5.26 Å². The molecule has 0 spiro atoms. The number of nitriles is 1. The van der Waals surface area contributed by atoms with E-state index in [1.54, 1.807) is 24.3 Å². The van der Waals surface area contributed by atoms with E-state index in [1.807, 2.05) is 13.8 Å². The largest absolute Gasteiger partial charge is 0.465 e. The zero-order chi connectivity index (χ0) is 12.1. The van der Waals surface area contributed by atoms with Crippen LogP contribution in [0.3, 0.4) is 0 Å². The second-order valence-electron chi connectivity index (χ2n) is 3.96. The van der Waals surface area contributed by atoms with Crippen molar-refractivity contribution in [1.29, 1.82) is 5.26 Å². The molecule has 0 saturated carbocycles. The Morgan fingerprint density at radius 2 is 1.88 bits per heavy atom. The van der Waals surface area contributed by atoms with Crippen molar-refractivity contribution in [2.75, 3.05) is 7.11 Å². The number of carbonyl (C=O) groups excluding carboxylic acids is 1. The van der Waals surface area contributed by atoms with Gasteiger partial charge in [0.05, 0.1) is 24.7 Å². The summed E-state index contributed by atoms with van der Waals surface area (Å²) in [7, 11) is 1.35. The highest BCUT2D eigenvalue weighted by atomic mass is 16.5. The van der Waals surface area contributed by atoms with Crippen LogP contribution in [0.15, 0.2) is 24.3 Å². The molecule has 0 aliphatic carbocycles. The van der Waals surface area contributed by atoms with E-state index in [2.05, 4.69) is 10.8 Å². The fourth-order valence-corrected chi connectivity index (χ4v) is 1.55. The van der Waals surface area contributed by atoms with Gasteiger partial charge >= 0.3 is 5.97 Å². The summed E-state index contributed by atoms with van der Waals surface area (Å²) in [5.41, 5.74) is 1.44. The Kier molecular flexibility index (Phi) is 4.07. The number of esters is 1. The van der Waals surface area contributed by atoms with Crippen LogP contribution in [0.5, 0.6) is 0 Å². The molecule has 0 heterocycles. The minimum atomic E-state index is -0.357. The third kappa shape index (κ3) is 2.60. The van der Waals surface area contributed by atoms with Crippen LogP contribution in [0, 0.1) is 17.2 Å². The maximum Gasteiger partial charge on any atom is 0.337 e. The van der Waals surface area contributed by atoms with Crippen molar-refractivity contribution in [3.63, 3.8) is 0 Å². The first-order valence-corrected chi connectivity index (χ1v) is 5.18. The average Bonchev–Trinajstić information content (AvgIpc) is 2.29. The minimum Gasteiger partial charge on any atom is -0.465 e. The highest BCUT2D eigenvalue weighted by molar-refractivity contribution is 5.89. The van der Waals surface area contributed by atoms with Crippen LogP contribution < -0.4 is 0 Å². The van der Waals surface area contributed by atoms with E-state index in [4.69, 9.17) is 5.26 Å². The second kappa shape index (κ2) is 5.32. The Bertz CT molecular complexity index is 401. The van der Waals surface area contributed by atoms with Crippen molar-refractivity contribution >= 4 is 5.97 Å². The van der Waals surface area contributed by atoms with Gasteiger partial charge in [0, 0.05) is 0 Å². The number of carbonyl (C=O) groups is 1. The zero-order valence-corrected chi connectivity index (χ0v) is 9.73. The Labute approximate surface area is 95.7 Å². The van der Waals surface area contributed by atoms with Crippen molar-refractivity contribution < 1.29 is 9.53 Å². The van der Waals surface area contributed by atoms with Crippen LogP contribution in [0.2, 0.25) is 0 Å². The quantitative estimate of drug-likeness (QED) is 0.731. The van der Waals surface area contributed by atoms with Crippen molar-refractivity contribution in [3.8, 4) is 6.07 Å². The molecule has 1 atom stereocenters. The fourth-order valence-electron chi connectivity index (χ4n) is 1.55. The van der Waals surface area contributed by atoms with E-state index >= 15 is 0 Å². The monoisotopic (exact) mass is 217 g/mol. The maximum absolute atomic E-state index is 11.2. The van der Waals surface area contributed by atoms with Crippen LogP contribution in [-0.2, 0) is 4.74 Å². The first kappa shape index (κ1) is 12.3. The van der Waals surface area contributed by atoms with Gasteiger partial charge in [-0.05, 0) is 23.6 Å². The van der Waals surface area contributed by atoms with Crippen LogP contribution in [0.1, 0.15) is 35.7 Å². The molecule has 84 valence electrons. The second-order valence-corrected chi connectivity index (χ2v) is 3.96. The highest BCUT2D eigenvalue weighted by Crippen LogP contribution is 2.23. The molecule has 0 bridgehead atoms. The summed E-state index contributed by atoms with van der Waals surface area (Å²) in [6, 6.07) is 9.25. The fraction of sp³-hybridized carbons (Fsp3) is 0.385. The molecule has 0 aliphatic heterocycles. The number of hydrogen-bond acceptors (Lipinski definition) is 3. The van der Waals surface area contributed by atoms with Crippen molar-refractivity contribution in [1.82, 2.24) is 0 Å². The summed E-state index contributed by atoms with van der Waals surface area (Å²) < 4.78 is 4.61. The van der Waals surface area contributed by atoms with E-state index in [0.29, 0.717) is 5.56 Å². The smallest absolute Gasteiger partial charge is 0.337 e. The molecular weight excluding hydrogens is 202 g/mol. The molecule has 1 rings (SSSR count). The molecule has 3 nitrogen and oxygen atoms in total. The van der Waals surface area contributed by atoms with Crippen molar-refractivity contribution in [2.45, 2.75) is 19.8 Å². The van der Waals surface area contributed by atoms with Gasteiger partial charge in [-0.3, -0.25) is 0 Å². The summed E-state index contributed by atoms with van der Waals surface area (Å²) in [6.45, 7) is 4.00. The third-order valence-electron chi connectivity index (χ3n) is 2.50. The summed E-state index contributed by atoms with van der Waals surface area (Å²) >= 11 is 0. The van der Waals surface area contributed by atoms with Gasteiger partial charge in [0.15, 0.2) is 0 Å². The predicted molar refractivity (Wildman–Crippen MR) is 61.0 cm³/mol. The van der Waals surface area contributed by atoms with E-state index < -0.39 is 0 Å². The minimum absolute atomic E-state index is 0.133. The lowest BCUT2D eigenvalue weighted by molar-refractivity contribution is 0.0600. The molecule has 1 aromatic rings. The standard InChI is InChI=1S/C13H15NO2/c1-9(2)12(8-14)10-4-6-11(7-5-10)13(15)16-3/h4-7,9,12H,1-3H3. The molecule has 0 fully saturated rings. The van der Waals surface area contributed by atoms with E-state index in [-0.39, 0.29) is 17.8 Å². The van der Waals surface area contributed by atoms with Gasteiger partial charge in [-0.15, -0.1) is 0 Å². The summed E-state index contributed by atoms with van der Waals surface area (Å²) in [5.74, 6) is -0.231. The molecule has 0 aliphatic rings. The molecule has 1 unspecified atom stereocenters. The molecule has 3 heteroatoms. The Balaban J connectivity index is 2.95. The van der Waals surface area contributed by atoms with Gasteiger partial charge < -0.3 is 4.74 Å². The summed E-state index contributed by atoms with van der Waals surface area (Å²) in [5, 5.41) is 9.03. The lowest BCUT2D eigenvalue weighted by Crippen LogP contribution is -2.05. The molecule has 0 radical (unpaired) electrons. The first-order valence-electron chi connectivity index (χ1n) is 5.18. The molecule has 0 aromatic heterocycles. The van der Waals surface area contributed by atoms with Gasteiger partial charge in [-0.25, -0.2) is 4.79 Å². The summed E-state index contributed by atoms with van der Waals surface area (Å²) in [4.78, 5) is 11.2. The number of rotatable bonds is 3. The normalized spacial score (nSPS) is 11.9. The highest BCUT2D eigenvalue weighted by Gasteiger charge is 2.15. The Morgan fingerprint density at radius 3 is 2.25 bits per heavy atom. The Hall–Kier alpha value is -1.82. The van der Waals surface area contributed by atoms with Gasteiger partial charge in [-0.1, -0.05) is 26.0 Å². The van der Waals surface area contributed by atoms with Crippen molar-refractivity contribution in [3.05, 3.63) is 35.4 Å². The molecule has 1 aromatic carbocycles. The van der Waals surface area contributed by atoms with Gasteiger partial charge in [0.1, 0.15) is 0 Å². The van der Waals surface area contributed by atoms with Gasteiger partial charge in [0.2, 0.25) is 0 Å². The molecule has 0 amide bonds. The lowest BCUT2D eigenvalue weighted by atomic mass is 9.89.